The average Bonchev–Trinajstić information content (AvgIpc) is 3.05. The largest absolute Gasteiger partial charge is 0.497 e. The van der Waals surface area contributed by atoms with E-state index < -0.39 is 0 Å². The summed E-state index contributed by atoms with van der Waals surface area (Å²) in [4.78, 5) is 15.2. The zero-order valence-corrected chi connectivity index (χ0v) is 13.3. The van der Waals surface area contributed by atoms with E-state index in [0.29, 0.717) is 24.6 Å². The summed E-state index contributed by atoms with van der Waals surface area (Å²) < 4.78 is 10.7. The van der Waals surface area contributed by atoms with Crippen LogP contribution in [0.5, 0.6) is 11.5 Å². The van der Waals surface area contributed by atoms with Crippen LogP contribution in [0.2, 0.25) is 0 Å². The second-order valence-corrected chi connectivity index (χ2v) is 5.64. The smallest absolute Gasteiger partial charge is 0.261 e. The molecule has 0 fully saturated rings. The Morgan fingerprint density at radius 2 is 2.14 bits per heavy atom. The van der Waals surface area contributed by atoms with Gasteiger partial charge in [0.05, 0.1) is 13.7 Å². The third-order valence-corrected chi connectivity index (χ3v) is 3.89. The fraction of sp³-hybridized carbons (Fsp3) is 0.235. The highest BCUT2D eigenvalue weighted by Crippen LogP contribution is 2.19. The summed E-state index contributed by atoms with van der Waals surface area (Å²) in [6, 6.07) is 11.2. The number of rotatable bonds is 8. The minimum atomic E-state index is -0.0730. The standard InChI is InChI=1S/C17H19NO3S/c1-3-9-18(12-16-8-5-10-22-16)17(19)13-21-15-7-4-6-14(11-15)20-2/h3-8,10-11H,1,9,12-13H2,2H3. The lowest BCUT2D eigenvalue weighted by molar-refractivity contribution is -0.133. The fourth-order valence-electron chi connectivity index (χ4n) is 1.93. The number of amides is 1. The van der Waals surface area contributed by atoms with Crippen LogP contribution in [-0.4, -0.2) is 31.1 Å². The molecule has 0 aliphatic carbocycles. The Morgan fingerprint density at radius 1 is 1.32 bits per heavy atom. The van der Waals surface area contributed by atoms with Gasteiger partial charge in [-0.2, -0.15) is 0 Å². The normalized spacial score (nSPS) is 10.0. The van der Waals surface area contributed by atoms with Crippen LogP contribution in [-0.2, 0) is 11.3 Å². The molecule has 0 spiro atoms. The molecular formula is C17H19NO3S. The van der Waals surface area contributed by atoms with Crippen LogP contribution in [0, 0.1) is 0 Å². The summed E-state index contributed by atoms with van der Waals surface area (Å²) in [6.07, 6.45) is 1.72. The van der Waals surface area contributed by atoms with Crippen molar-refractivity contribution in [3.63, 3.8) is 0 Å². The maximum absolute atomic E-state index is 12.3. The van der Waals surface area contributed by atoms with E-state index in [2.05, 4.69) is 6.58 Å². The van der Waals surface area contributed by atoms with Crippen LogP contribution in [0.25, 0.3) is 0 Å². The topological polar surface area (TPSA) is 38.8 Å². The van der Waals surface area contributed by atoms with Crippen molar-refractivity contribution in [3.8, 4) is 11.5 Å². The summed E-state index contributed by atoms with van der Waals surface area (Å²) in [5.74, 6) is 1.24. The Balaban J connectivity index is 1.94. The van der Waals surface area contributed by atoms with Gasteiger partial charge < -0.3 is 14.4 Å². The van der Waals surface area contributed by atoms with Crippen molar-refractivity contribution in [1.82, 2.24) is 4.90 Å². The lowest BCUT2D eigenvalue weighted by Gasteiger charge is -2.20. The van der Waals surface area contributed by atoms with Gasteiger partial charge in [-0.3, -0.25) is 4.79 Å². The van der Waals surface area contributed by atoms with Gasteiger partial charge in [0.2, 0.25) is 0 Å². The lowest BCUT2D eigenvalue weighted by atomic mass is 10.3. The third kappa shape index (κ3) is 4.63. The molecule has 2 rings (SSSR count). The van der Waals surface area contributed by atoms with E-state index in [4.69, 9.17) is 9.47 Å². The maximum atomic E-state index is 12.3. The SMILES string of the molecule is C=CCN(Cc1cccs1)C(=O)COc1cccc(OC)c1. The zero-order chi connectivity index (χ0) is 15.8. The first-order valence-corrected chi connectivity index (χ1v) is 7.79. The van der Waals surface area contributed by atoms with Crippen molar-refractivity contribution in [2.24, 2.45) is 0 Å². The highest BCUT2D eigenvalue weighted by Gasteiger charge is 2.14. The van der Waals surface area contributed by atoms with Crippen LogP contribution < -0.4 is 9.47 Å². The molecule has 1 aromatic carbocycles. The summed E-state index contributed by atoms with van der Waals surface area (Å²) >= 11 is 1.63. The van der Waals surface area contributed by atoms with Crippen LogP contribution >= 0.6 is 11.3 Å². The van der Waals surface area contributed by atoms with Gasteiger partial charge in [0.15, 0.2) is 6.61 Å². The summed E-state index contributed by atoms with van der Waals surface area (Å²) in [5.41, 5.74) is 0. The number of nitrogens with zero attached hydrogens (tertiary/aromatic N) is 1. The number of ether oxygens (including phenoxy) is 2. The van der Waals surface area contributed by atoms with Gasteiger partial charge >= 0.3 is 0 Å². The van der Waals surface area contributed by atoms with Gasteiger partial charge in [0, 0.05) is 17.5 Å². The molecule has 5 heteroatoms. The minimum absolute atomic E-state index is 0.00756. The predicted molar refractivity (Wildman–Crippen MR) is 88.4 cm³/mol. The molecule has 116 valence electrons. The third-order valence-electron chi connectivity index (χ3n) is 3.03. The number of hydrogen-bond acceptors (Lipinski definition) is 4. The molecule has 0 saturated heterocycles. The van der Waals surface area contributed by atoms with Crippen LogP contribution in [0.3, 0.4) is 0 Å². The average molecular weight is 317 g/mol. The number of thiophene rings is 1. The number of methoxy groups -OCH3 is 1. The molecule has 1 amide bonds. The lowest BCUT2D eigenvalue weighted by Crippen LogP contribution is -2.34. The first-order valence-electron chi connectivity index (χ1n) is 6.91. The summed E-state index contributed by atoms with van der Waals surface area (Å²) in [6.45, 7) is 4.77. The highest BCUT2D eigenvalue weighted by atomic mass is 32.1. The van der Waals surface area contributed by atoms with Gasteiger partial charge in [0.1, 0.15) is 11.5 Å². The quantitative estimate of drug-likeness (QED) is 0.701. The molecule has 0 unspecified atom stereocenters. The zero-order valence-electron chi connectivity index (χ0n) is 12.5. The van der Waals surface area contributed by atoms with Gasteiger partial charge in [-0.05, 0) is 23.6 Å². The molecule has 2 aromatic rings. The van der Waals surface area contributed by atoms with Crippen LogP contribution in [0.1, 0.15) is 4.88 Å². The van der Waals surface area contributed by atoms with Crippen LogP contribution in [0.4, 0.5) is 0 Å². The second kappa shape index (κ2) is 8.24. The van der Waals surface area contributed by atoms with Gasteiger partial charge in [-0.15, -0.1) is 17.9 Å². The Kier molecular flexibility index (Phi) is 6.03. The van der Waals surface area contributed by atoms with Gasteiger partial charge in [-0.1, -0.05) is 18.2 Å². The number of carbonyl (C=O) groups excluding carboxylic acids is 1. The van der Waals surface area contributed by atoms with E-state index in [-0.39, 0.29) is 12.5 Å². The molecule has 0 bridgehead atoms. The molecule has 1 heterocycles. The molecule has 0 saturated carbocycles. The van der Waals surface area contributed by atoms with E-state index in [1.165, 1.54) is 0 Å². The van der Waals surface area contributed by atoms with Crippen molar-refractivity contribution in [2.45, 2.75) is 6.54 Å². The fourth-order valence-corrected chi connectivity index (χ4v) is 2.65. The molecule has 0 radical (unpaired) electrons. The van der Waals surface area contributed by atoms with Gasteiger partial charge in [0.25, 0.3) is 5.91 Å². The minimum Gasteiger partial charge on any atom is -0.497 e. The Morgan fingerprint density at radius 3 is 2.82 bits per heavy atom. The molecule has 0 N–H and O–H groups in total. The Hall–Kier alpha value is -2.27. The molecule has 0 aliphatic rings. The predicted octanol–water partition coefficient (Wildman–Crippen LogP) is 3.35. The first-order chi connectivity index (χ1) is 10.7. The Labute approximate surface area is 134 Å². The van der Waals surface area contributed by atoms with Gasteiger partial charge in [-0.25, -0.2) is 0 Å². The second-order valence-electron chi connectivity index (χ2n) is 4.61. The number of carbonyl (C=O) groups is 1. The van der Waals surface area contributed by atoms with E-state index in [1.807, 2.05) is 29.6 Å². The van der Waals surface area contributed by atoms with Crippen molar-refractivity contribution in [3.05, 3.63) is 59.3 Å². The number of hydrogen-bond donors (Lipinski definition) is 0. The van der Waals surface area contributed by atoms with E-state index in [9.17, 15) is 4.79 Å². The first kappa shape index (κ1) is 16.1. The molecule has 4 nitrogen and oxygen atoms in total. The molecule has 0 atom stereocenters. The highest BCUT2D eigenvalue weighted by molar-refractivity contribution is 7.09. The van der Waals surface area contributed by atoms with E-state index in [1.54, 1.807) is 41.6 Å². The van der Waals surface area contributed by atoms with Crippen molar-refractivity contribution in [1.29, 1.82) is 0 Å². The monoisotopic (exact) mass is 317 g/mol. The van der Waals surface area contributed by atoms with E-state index in [0.717, 1.165) is 4.88 Å². The molecule has 0 aliphatic heterocycles. The maximum Gasteiger partial charge on any atom is 0.261 e. The molecule has 1 aromatic heterocycles. The number of benzene rings is 1. The van der Waals surface area contributed by atoms with E-state index >= 15 is 0 Å². The summed E-state index contributed by atoms with van der Waals surface area (Å²) in [7, 11) is 1.59. The molecular weight excluding hydrogens is 298 g/mol. The van der Waals surface area contributed by atoms with Crippen molar-refractivity contribution in [2.75, 3.05) is 20.3 Å². The summed E-state index contributed by atoms with van der Waals surface area (Å²) in [5, 5.41) is 2.00. The van der Waals surface area contributed by atoms with Crippen LogP contribution in [0.15, 0.2) is 54.4 Å². The molecule has 22 heavy (non-hydrogen) atoms. The Bertz CT molecular complexity index is 610. The van der Waals surface area contributed by atoms with Crippen molar-refractivity contribution >= 4 is 17.2 Å². The van der Waals surface area contributed by atoms with Crippen molar-refractivity contribution < 1.29 is 14.3 Å².